The lowest BCUT2D eigenvalue weighted by Crippen LogP contribution is -2.30. The average Bonchev–Trinajstić information content (AvgIpc) is 3.98. The molecule has 2 aromatic heterocycles. The first kappa shape index (κ1) is 37.2. The molecule has 2 saturated heterocycles. The van der Waals surface area contributed by atoms with Gasteiger partial charge in [0, 0.05) is 74.3 Å². The molecule has 0 unspecified atom stereocenters. The molecule has 2 spiro atoms. The van der Waals surface area contributed by atoms with Crippen LogP contribution < -0.4 is 32.1 Å². The maximum Gasteiger partial charge on any atom is 0.341 e. The van der Waals surface area contributed by atoms with Gasteiger partial charge in [0.2, 0.25) is 10.9 Å². The van der Waals surface area contributed by atoms with Crippen molar-refractivity contribution >= 4 is 68.3 Å². The van der Waals surface area contributed by atoms with Crippen LogP contribution in [0.5, 0.6) is 0 Å². The van der Waals surface area contributed by atoms with Crippen LogP contribution in [0.25, 0.3) is 21.8 Å². The van der Waals surface area contributed by atoms with Gasteiger partial charge in [-0.05, 0) is 37.8 Å². The Kier molecular flexibility index (Phi) is 8.35. The minimum absolute atomic E-state index is 0.00645. The van der Waals surface area contributed by atoms with Gasteiger partial charge in [-0.2, -0.15) is 0 Å². The normalized spacial score (nSPS) is 27.6. The highest BCUT2D eigenvalue weighted by Crippen LogP contribution is 2.55. The van der Waals surface area contributed by atoms with Crippen LogP contribution in [-0.4, -0.2) is 81.9 Å². The molecule has 0 radical (unpaired) electrons. The second-order valence-electron chi connectivity index (χ2n) is 16.3. The molecule has 6 aliphatic rings. The van der Waals surface area contributed by atoms with E-state index in [1.807, 2.05) is 0 Å². The number of benzene rings is 2. The van der Waals surface area contributed by atoms with Crippen LogP contribution in [-0.2, 0) is 0 Å². The van der Waals surface area contributed by atoms with E-state index in [0.717, 1.165) is 50.2 Å². The Morgan fingerprint density at radius 1 is 0.696 bits per heavy atom. The van der Waals surface area contributed by atoms with Crippen LogP contribution in [0.4, 0.5) is 28.9 Å². The third kappa shape index (κ3) is 5.69. The maximum atomic E-state index is 15.0. The van der Waals surface area contributed by atoms with Gasteiger partial charge < -0.3 is 40.6 Å². The van der Waals surface area contributed by atoms with E-state index in [4.69, 9.17) is 34.7 Å². The summed E-state index contributed by atoms with van der Waals surface area (Å²) in [5, 5.41) is 18.3. The molecule has 12 nitrogen and oxygen atoms in total. The largest absolute Gasteiger partial charge is 0.477 e. The molecule has 4 heterocycles. The number of carboxylic acids is 2. The number of pyridine rings is 2. The molecule has 2 aliphatic heterocycles. The van der Waals surface area contributed by atoms with Crippen LogP contribution in [0.2, 0.25) is 10.0 Å². The molecule has 4 aliphatic carbocycles. The first-order chi connectivity index (χ1) is 26.5. The Balaban J connectivity index is 0.000000146. The molecule has 4 aromatic rings. The highest BCUT2D eigenvalue weighted by Gasteiger charge is 2.55. The minimum Gasteiger partial charge on any atom is -0.477 e. The molecule has 6 atom stereocenters. The average molecular weight is 820 g/mol. The number of aromatic nitrogens is 2. The van der Waals surface area contributed by atoms with Crippen LogP contribution in [0, 0.1) is 22.5 Å². The number of carboxylic acid groups (broad SMARTS) is 2. The Labute approximate surface area is 325 Å². The molecule has 18 heteroatoms. The predicted octanol–water partition coefficient (Wildman–Crippen LogP) is 5.41. The predicted molar refractivity (Wildman–Crippen MR) is 201 cm³/mol. The first-order valence-electron chi connectivity index (χ1n) is 18.4. The van der Waals surface area contributed by atoms with Crippen molar-refractivity contribution in [2.24, 2.45) is 22.3 Å². The van der Waals surface area contributed by atoms with Gasteiger partial charge in [-0.3, -0.25) is 9.59 Å². The van der Waals surface area contributed by atoms with Gasteiger partial charge in [-0.25, -0.2) is 27.2 Å². The number of nitrogens with two attached hydrogens (primary N) is 2. The number of alkyl halides is 2. The number of hydrogen-bond acceptors (Lipinski definition) is 8. The molecular weight excluding hydrogens is 783 g/mol. The zero-order valence-corrected chi connectivity index (χ0v) is 31.1. The van der Waals surface area contributed by atoms with E-state index in [1.165, 1.54) is 9.13 Å². The number of fused-ring (bicyclic) bond motifs is 2. The number of anilines is 2. The van der Waals surface area contributed by atoms with Gasteiger partial charge in [0.25, 0.3) is 0 Å². The van der Waals surface area contributed by atoms with Gasteiger partial charge in [0.1, 0.15) is 35.1 Å². The Bertz CT molecular complexity index is 2370. The fourth-order valence-corrected chi connectivity index (χ4v) is 9.67. The molecule has 56 heavy (non-hydrogen) atoms. The maximum absolute atomic E-state index is 15.0. The van der Waals surface area contributed by atoms with Crippen molar-refractivity contribution in [3.8, 4) is 0 Å². The molecule has 6 N–H and O–H groups in total. The molecule has 296 valence electrons. The van der Waals surface area contributed by atoms with Crippen molar-refractivity contribution < 1.29 is 37.4 Å². The summed E-state index contributed by atoms with van der Waals surface area (Å²) >= 11 is 13.1. The van der Waals surface area contributed by atoms with Gasteiger partial charge in [0.15, 0.2) is 0 Å². The monoisotopic (exact) mass is 818 g/mol. The Morgan fingerprint density at radius 3 is 1.30 bits per heavy atom. The molecule has 6 fully saturated rings. The number of halogens is 6. The summed E-state index contributed by atoms with van der Waals surface area (Å²) in [5.74, 6) is -4.31. The summed E-state index contributed by atoms with van der Waals surface area (Å²) in [4.78, 5) is 51.7. The Hall–Kier alpha value is -4.38. The zero-order valence-electron chi connectivity index (χ0n) is 29.6. The number of rotatable bonds is 6. The van der Waals surface area contributed by atoms with Gasteiger partial charge in [0.05, 0.1) is 55.3 Å². The van der Waals surface area contributed by atoms with Crippen LogP contribution in [0.15, 0.2) is 34.1 Å². The zero-order chi connectivity index (χ0) is 39.9. The fourth-order valence-electron chi connectivity index (χ4n) is 8.86. The highest BCUT2D eigenvalue weighted by molar-refractivity contribution is 6.38. The first-order valence-corrected chi connectivity index (χ1v) is 19.1. The van der Waals surface area contributed by atoms with E-state index in [1.54, 1.807) is 9.80 Å². The SMILES string of the molecule is N[C@@H]1CN(c2c(F)cc3c(=O)c(C(=O)O)cn([C@@H]4C[C@@H]4F)c3c2Cl)CC12CC2.N[C@@H]1CN(c2c(F)cc3c(=O)c(C(=O)O)cn([C@@H]4C[C@@H]4F)c3c2Cl)CC12CC2. The number of aromatic carboxylic acids is 2. The molecule has 2 aromatic carbocycles. The second kappa shape index (κ2) is 12.6. The molecule has 10 rings (SSSR count). The molecule has 0 bridgehead atoms. The molecule has 4 saturated carbocycles. The van der Waals surface area contributed by atoms with Crippen LogP contribution in [0.1, 0.15) is 71.3 Å². The number of nitrogens with zero attached hydrogens (tertiary/aromatic N) is 4. The second-order valence-corrected chi connectivity index (χ2v) is 17.1. The fraction of sp³-hybridized carbons (Fsp3) is 0.474. The van der Waals surface area contributed by atoms with Crippen molar-refractivity contribution in [1.29, 1.82) is 0 Å². The van der Waals surface area contributed by atoms with Gasteiger partial charge in [-0.15, -0.1) is 0 Å². The van der Waals surface area contributed by atoms with Crippen molar-refractivity contribution in [2.75, 3.05) is 36.0 Å². The van der Waals surface area contributed by atoms with Crippen LogP contribution >= 0.6 is 23.2 Å². The topological polar surface area (TPSA) is 177 Å². The summed E-state index contributed by atoms with van der Waals surface area (Å²) < 4.78 is 60.4. The van der Waals surface area contributed by atoms with E-state index in [-0.39, 0.29) is 79.0 Å². The van der Waals surface area contributed by atoms with E-state index in [0.29, 0.717) is 26.2 Å². The third-order valence-corrected chi connectivity index (χ3v) is 13.5. The lowest BCUT2D eigenvalue weighted by Gasteiger charge is -2.23. The van der Waals surface area contributed by atoms with Crippen LogP contribution in [0.3, 0.4) is 0 Å². The van der Waals surface area contributed by atoms with E-state index in [9.17, 15) is 38.2 Å². The Morgan fingerprint density at radius 2 is 1.04 bits per heavy atom. The minimum atomic E-state index is -1.45. The molecular formula is C38H36Cl2F4N6O6. The third-order valence-electron chi connectivity index (χ3n) is 12.7. The summed E-state index contributed by atoms with van der Waals surface area (Å²) in [7, 11) is 0. The summed E-state index contributed by atoms with van der Waals surface area (Å²) in [6.07, 6.45) is 4.22. The summed E-state index contributed by atoms with van der Waals surface area (Å²) in [6, 6.07) is 0.616. The van der Waals surface area contributed by atoms with Crippen molar-refractivity contribution in [3.05, 3.63) is 77.8 Å². The number of hydrogen-bond donors (Lipinski definition) is 4. The standard InChI is InChI=1S/2C19H18ClF2N3O3/c2*20-14-15-8(17(26)9(18(27)28)5-25(15)12-4-10(12)21)3-11(22)16(14)24-6-13(23)19(7-24)1-2-19/h2*3,5,10,12-13H,1-2,4,6-7,23H2,(H,27,28)/t2*10-,12+,13+/m00/s1. The van der Waals surface area contributed by atoms with E-state index in [2.05, 4.69) is 0 Å². The van der Waals surface area contributed by atoms with Crippen molar-refractivity contribution in [2.45, 2.75) is 75.0 Å². The van der Waals surface area contributed by atoms with E-state index < -0.39 is 70.0 Å². The lowest BCUT2D eigenvalue weighted by molar-refractivity contribution is 0.0684. The summed E-state index contributed by atoms with van der Waals surface area (Å²) in [5.41, 5.74) is 10.3. The summed E-state index contributed by atoms with van der Waals surface area (Å²) in [6.45, 7) is 2.02. The van der Waals surface area contributed by atoms with Crippen molar-refractivity contribution in [3.63, 3.8) is 0 Å². The smallest absolute Gasteiger partial charge is 0.341 e. The number of carbonyl (C=O) groups is 2. The lowest BCUT2D eigenvalue weighted by atomic mass is 10.0. The highest BCUT2D eigenvalue weighted by atomic mass is 35.5. The van der Waals surface area contributed by atoms with E-state index >= 15 is 8.78 Å². The van der Waals surface area contributed by atoms with Gasteiger partial charge >= 0.3 is 11.9 Å². The van der Waals surface area contributed by atoms with Gasteiger partial charge in [-0.1, -0.05) is 23.2 Å². The molecule has 0 amide bonds. The van der Waals surface area contributed by atoms with Crippen molar-refractivity contribution in [1.82, 2.24) is 9.13 Å². The quantitative estimate of drug-likeness (QED) is 0.184.